The fourth-order valence-electron chi connectivity index (χ4n) is 1.53. The Bertz CT molecular complexity index is 424. The molecule has 0 spiro atoms. The normalized spacial score (nSPS) is 19.6. The average Bonchev–Trinajstić information content (AvgIpc) is 2.39. The number of nitrogens with zero attached hydrogens (tertiary/aromatic N) is 2. The molecule has 6 heteroatoms. The third-order valence-electron chi connectivity index (χ3n) is 2.43. The molecule has 1 aromatic rings. The van der Waals surface area contributed by atoms with Crippen molar-refractivity contribution in [2.24, 2.45) is 0 Å². The van der Waals surface area contributed by atoms with Crippen LogP contribution in [0.25, 0.3) is 0 Å². The number of ether oxygens (including phenoxy) is 2. The van der Waals surface area contributed by atoms with Crippen LogP contribution in [0.3, 0.4) is 0 Å². The Kier molecular flexibility index (Phi) is 3.75. The molecule has 3 N–H and O–H groups in total. The fourth-order valence-corrected chi connectivity index (χ4v) is 1.53. The zero-order valence-electron chi connectivity index (χ0n) is 9.35. The highest BCUT2D eigenvalue weighted by atomic mass is 16.6. The third-order valence-corrected chi connectivity index (χ3v) is 2.43. The molecule has 0 aromatic carbocycles. The maximum atomic E-state index is 8.79. The number of nitrogens with one attached hydrogen (secondary N) is 1. The summed E-state index contributed by atoms with van der Waals surface area (Å²) in [6.07, 6.45) is 0.0219. The van der Waals surface area contributed by atoms with Crippen LogP contribution in [-0.2, 0) is 9.47 Å². The smallest absolute Gasteiger partial charge is 0.165 e. The van der Waals surface area contributed by atoms with Gasteiger partial charge in [-0.25, -0.2) is 4.98 Å². The number of hydrogen-bond donors (Lipinski definition) is 2. The molecule has 90 valence electrons. The van der Waals surface area contributed by atoms with Crippen LogP contribution in [-0.4, -0.2) is 37.5 Å². The molecule has 1 aliphatic heterocycles. The van der Waals surface area contributed by atoms with E-state index in [9.17, 15) is 0 Å². The molecule has 1 fully saturated rings. The average molecular weight is 234 g/mol. The third kappa shape index (κ3) is 3.06. The van der Waals surface area contributed by atoms with Gasteiger partial charge in [0.05, 0.1) is 31.6 Å². The van der Waals surface area contributed by atoms with E-state index in [-0.39, 0.29) is 11.8 Å². The number of pyridine rings is 1. The lowest BCUT2D eigenvalue weighted by molar-refractivity contribution is -0.0819. The summed E-state index contributed by atoms with van der Waals surface area (Å²) in [5.41, 5.74) is 6.20. The van der Waals surface area contributed by atoms with Crippen molar-refractivity contribution in [1.82, 2.24) is 4.98 Å². The van der Waals surface area contributed by atoms with E-state index >= 15 is 0 Å². The largest absolute Gasteiger partial charge is 0.396 e. The molecule has 0 saturated carbocycles. The molecule has 6 nitrogen and oxygen atoms in total. The van der Waals surface area contributed by atoms with Gasteiger partial charge < -0.3 is 20.5 Å². The quantitative estimate of drug-likeness (QED) is 0.784. The van der Waals surface area contributed by atoms with Crippen molar-refractivity contribution in [1.29, 1.82) is 5.26 Å². The predicted molar refractivity (Wildman–Crippen MR) is 62.4 cm³/mol. The molecule has 2 rings (SSSR count). The number of nitrogens with two attached hydrogens (primary N) is 1. The number of aromatic nitrogens is 1. The van der Waals surface area contributed by atoms with Crippen LogP contribution in [0.5, 0.6) is 0 Å². The van der Waals surface area contributed by atoms with E-state index in [0.29, 0.717) is 37.9 Å². The second-order valence-corrected chi connectivity index (χ2v) is 3.69. The van der Waals surface area contributed by atoms with E-state index in [1.807, 2.05) is 6.07 Å². The van der Waals surface area contributed by atoms with Gasteiger partial charge in [-0.2, -0.15) is 5.26 Å². The monoisotopic (exact) mass is 234 g/mol. The van der Waals surface area contributed by atoms with Crippen LogP contribution >= 0.6 is 0 Å². The highest BCUT2D eigenvalue weighted by Gasteiger charge is 2.14. The minimum absolute atomic E-state index is 0.0219. The van der Waals surface area contributed by atoms with Gasteiger partial charge in [-0.1, -0.05) is 0 Å². The van der Waals surface area contributed by atoms with Crippen LogP contribution in [0.15, 0.2) is 12.1 Å². The lowest BCUT2D eigenvalue weighted by Crippen LogP contribution is -2.34. The van der Waals surface area contributed by atoms with Gasteiger partial charge >= 0.3 is 0 Å². The summed E-state index contributed by atoms with van der Waals surface area (Å²) in [5, 5.41) is 11.9. The molecular weight excluding hydrogens is 220 g/mol. The summed E-state index contributed by atoms with van der Waals surface area (Å²) in [6, 6.07) is 5.34. The number of nitrogen functional groups attached to an aromatic ring is 1. The summed E-state index contributed by atoms with van der Waals surface area (Å²) in [4.78, 5) is 4.08. The summed E-state index contributed by atoms with van der Waals surface area (Å²) in [7, 11) is 0. The van der Waals surface area contributed by atoms with Crippen molar-refractivity contribution in [3.05, 3.63) is 17.8 Å². The molecule has 1 unspecified atom stereocenters. The van der Waals surface area contributed by atoms with Crippen LogP contribution in [0.2, 0.25) is 0 Å². The standard InChI is InChI=1S/C11H14N4O2/c12-5-10-9(13)1-2-11(15-10)14-6-8-7-16-3-4-17-8/h1-2,8H,3-4,6-7,13H2,(H,14,15). The molecule has 1 saturated heterocycles. The first-order chi connectivity index (χ1) is 8.29. The van der Waals surface area contributed by atoms with Gasteiger partial charge in [-0.15, -0.1) is 0 Å². The van der Waals surface area contributed by atoms with E-state index in [4.69, 9.17) is 20.5 Å². The zero-order valence-corrected chi connectivity index (χ0v) is 9.35. The van der Waals surface area contributed by atoms with Gasteiger partial charge in [0, 0.05) is 6.54 Å². The summed E-state index contributed by atoms with van der Waals surface area (Å²) in [6.45, 7) is 2.44. The Morgan fingerprint density at radius 1 is 1.53 bits per heavy atom. The molecular formula is C11H14N4O2. The minimum atomic E-state index is 0.0219. The zero-order chi connectivity index (χ0) is 12.1. The van der Waals surface area contributed by atoms with Gasteiger partial charge in [0.1, 0.15) is 11.9 Å². The van der Waals surface area contributed by atoms with Crippen LogP contribution in [0.4, 0.5) is 11.5 Å². The lowest BCUT2D eigenvalue weighted by atomic mass is 10.3. The first kappa shape index (κ1) is 11.6. The summed E-state index contributed by atoms with van der Waals surface area (Å²) in [5.74, 6) is 0.616. The van der Waals surface area contributed by atoms with Crippen molar-refractivity contribution in [2.75, 3.05) is 37.4 Å². The van der Waals surface area contributed by atoms with Gasteiger partial charge in [0.25, 0.3) is 0 Å². The highest BCUT2D eigenvalue weighted by molar-refractivity contribution is 5.54. The molecule has 0 amide bonds. The van der Waals surface area contributed by atoms with Crippen molar-refractivity contribution >= 4 is 11.5 Å². The maximum Gasteiger partial charge on any atom is 0.165 e. The lowest BCUT2D eigenvalue weighted by Gasteiger charge is -2.23. The van der Waals surface area contributed by atoms with Crippen molar-refractivity contribution in [3.63, 3.8) is 0 Å². The van der Waals surface area contributed by atoms with Crippen molar-refractivity contribution in [3.8, 4) is 6.07 Å². The second kappa shape index (κ2) is 5.48. The van der Waals surface area contributed by atoms with E-state index in [1.54, 1.807) is 12.1 Å². The summed E-state index contributed by atoms with van der Waals surface area (Å²) < 4.78 is 10.8. The molecule has 0 aliphatic carbocycles. The van der Waals surface area contributed by atoms with E-state index in [2.05, 4.69) is 10.3 Å². The van der Waals surface area contributed by atoms with Crippen LogP contribution in [0.1, 0.15) is 5.69 Å². The molecule has 2 heterocycles. The molecule has 1 aromatic heterocycles. The van der Waals surface area contributed by atoms with Crippen LogP contribution < -0.4 is 11.1 Å². The SMILES string of the molecule is N#Cc1nc(NCC2COCCO2)ccc1N. The Balaban J connectivity index is 1.92. The Morgan fingerprint density at radius 2 is 2.41 bits per heavy atom. The van der Waals surface area contributed by atoms with E-state index < -0.39 is 0 Å². The Labute approximate surface area is 99.3 Å². The Hall–Kier alpha value is -1.84. The number of anilines is 2. The highest BCUT2D eigenvalue weighted by Crippen LogP contribution is 2.12. The topological polar surface area (TPSA) is 93.2 Å². The first-order valence-corrected chi connectivity index (χ1v) is 5.39. The van der Waals surface area contributed by atoms with Gasteiger partial charge in [0.2, 0.25) is 0 Å². The maximum absolute atomic E-state index is 8.79. The van der Waals surface area contributed by atoms with Crippen LogP contribution in [0, 0.1) is 11.3 Å². The van der Waals surface area contributed by atoms with Gasteiger partial charge in [-0.05, 0) is 12.1 Å². The second-order valence-electron chi connectivity index (χ2n) is 3.69. The fraction of sp³-hybridized carbons (Fsp3) is 0.455. The van der Waals surface area contributed by atoms with Gasteiger partial charge in [-0.3, -0.25) is 0 Å². The predicted octanol–water partition coefficient (Wildman–Crippen LogP) is 0.363. The molecule has 0 bridgehead atoms. The van der Waals surface area contributed by atoms with E-state index in [0.717, 1.165) is 0 Å². The van der Waals surface area contributed by atoms with Gasteiger partial charge in [0.15, 0.2) is 5.69 Å². The molecule has 0 radical (unpaired) electrons. The summed E-state index contributed by atoms with van der Waals surface area (Å²) >= 11 is 0. The number of rotatable bonds is 3. The molecule has 1 aliphatic rings. The molecule has 1 atom stereocenters. The first-order valence-electron chi connectivity index (χ1n) is 5.39. The number of nitriles is 1. The number of hydrogen-bond acceptors (Lipinski definition) is 6. The minimum Gasteiger partial charge on any atom is -0.396 e. The molecule has 17 heavy (non-hydrogen) atoms. The Morgan fingerprint density at radius 3 is 3.12 bits per heavy atom. The van der Waals surface area contributed by atoms with E-state index in [1.165, 1.54) is 0 Å². The van der Waals surface area contributed by atoms with Crippen molar-refractivity contribution < 1.29 is 9.47 Å². The van der Waals surface area contributed by atoms with Crippen molar-refractivity contribution in [2.45, 2.75) is 6.10 Å².